The Balaban J connectivity index is 2.19. The molecule has 0 spiro atoms. The molecular weight excluding hydrogens is 162 g/mol. The number of hydrogen-bond donors (Lipinski definition) is 0. The highest BCUT2D eigenvalue weighted by Gasteiger charge is 2.39. The number of nitrogens with zero attached hydrogens (tertiary/aromatic N) is 1. The zero-order valence-corrected chi connectivity index (χ0v) is 6.89. The standard InChI is InChI=1S/C7H9NO2S/c9-6-3-7(10)8-1-2-11-4-5(6)8/h5H,1-4H2. The molecule has 0 N–H and O–H groups in total. The van der Waals surface area contributed by atoms with Crippen molar-refractivity contribution in [3.8, 4) is 0 Å². The van der Waals surface area contributed by atoms with Gasteiger partial charge in [-0.05, 0) is 0 Å². The average molecular weight is 171 g/mol. The maximum atomic E-state index is 11.1. The van der Waals surface area contributed by atoms with Gasteiger partial charge in [0.15, 0.2) is 5.78 Å². The van der Waals surface area contributed by atoms with Crippen LogP contribution in [0.4, 0.5) is 0 Å². The fourth-order valence-electron chi connectivity index (χ4n) is 1.54. The minimum absolute atomic E-state index is 0.0281. The zero-order chi connectivity index (χ0) is 7.84. The molecule has 1 unspecified atom stereocenters. The van der Waals surface area contributed by atoms with Gasteiger partial charge < -0.3 is 4.90 Å². The van der Waals surface area contributed by atoms with Crippen LogP contribution in [0.25, 0.3) is 0 Å². The maximum absolute atomic E-state index is 11.1. The Hall–Kier alpha value is -0.510. The maximum Gasteiger partial charge on any atom is 0.230 e. The number of carbonyl (C=O) groups is 2. The summed E-state index contributed by atoms with van der Waals surface area (Å²) in [6, 6.07) is -0.0822. The first-order chi connectivity index (χ1) is 5.29. The summed E-state index contributed by atoms with van der Waals surface area (Å²) >= 11 is 1.76. The highest BCUT2D eigenvalue weighted by molar-refractivity contribution is 7.99. The van der Waals surface area contributed by atoms with Gasteiger partial charge in [0.05, 0.1) is 12.5 Å². The third-order valence-electron chi connectivity index (χ3n) is 2.15. The summed E-state index contributed by atoms with van der Waals surface area (Å²) in [5, 5.41) is 0. The van der Waals surface area contributed by atoms with E-state index < -0.39 is 0 Å². The summed E-state index contributed by atoms with van der Waals surface area (Å²) in [6.45, 7) is 0.764. The van der Waals surface area contributed by atoms with E-state index in [1.807, 2.05) is 0 Å². The van der Waals surface area contributed by atoms with Crippen molar-refractivity contribution >= 4 is 23.5 Å². The quantitative estimate of drug-likeness (QED) is 0.478. The van der Waals surface area contributed by atoms with Crippen molar-refractivity contribution < 1.29 is 9.59 Å². The Morgan fingerprint density at radius 2 is 2.27 bits per heavy atom. The monoisotopic (exact) mass is 171 g/mol. The summed E-state index contributed by atoms with van der Waals surface area (Å²) in [5.41, 5.74) is 0. The molecule has 2 fully saturated rings. The predicted octanol–water partition coefficient (Wildman–Crippen LogP) is -0.0968. The summed E-state index contributed by atoms with van der Waals surface area (Å²) in [5.74, 6) is 1.93. The van der Waals surface area contributed by atoms with Gasteiger partial charge in [-0.15, -0.1) is 0 Å². The average Bonchev–Trinajstić information content (AvgIpc) is 2.30. The number of carbonyl (C=O) groups excluding carboxylic acids is 2. The second-order valence-electron chi connectivity index (χ2n) is 2.82. The van der Waals surface area contributed by atoms with E-state index in [1.54, 1.807) is 16.7 Å². The van der Waals surface area contributed by atoms with Crippen LogP contribution in [-0.4, -0.2) is 40.7 Å². The second kappa shape index (κ2) is 2.52. The van der Waals surface area contributed by atoms with Crippen molar-refractivity contribution in [3.05, 3.63) is 0 Å². The van der Waals surface area contributed by atoms with Gasteiger partial charge in [-0.3, -0.25) is 9.59 Å². The fraction of sp³-hybridized carbons (Fsp3) is 0.714. The number of rotatable bonds is 0. The zero-order valence-electron chi connectivity index (χ0n) is 6.08. The van der Waals surface area contributed by atoms with Crippen molar-refractivity contribution in [2.75, 3.05) is 18.1 Å². The predicted molar refractivity (Wildman–Crippen MR) is 42.5 cm³/mol. The van der Waals surface area contributed by atoms with Gasteiger partial charge in [0.1, 0.15) is 0 Å². The SMILES string of the molecule is O=C1CC(=O)N2CCSCC12. The van der Waals surface area contributed by atoms with Crippen LogP contribution in [0, 0.1) is 0 Å². The molecule has 60 valence electrons. The second-order valence-corrected chi connectivity index (χ2v) is 3.97. The Morgan fingerprint density at radius 1 is 1.45 bits per heavy atom. The summed E-state index contributed by atoms with van der Waals surface area (Å²) in [7, 11) is 0. The smallest absolute Gasteiger partial charge is 0.230 e. The lowest BCUT2D eigenvalue weighted by atomic mass is 10.2. The van der Waals surface area contributed by atoms with Gasteiger partial charge in [-0.25, -0.2) is 0 Å². The molecule has 0 radical (unpaired) electrons. The molecular formula is C7H9NO2S. The number of hydrogen-bond acceptors (Lipinski definition) is 3. The van der Waals surface area contributed by atoms with Crippen molar-refractivity contribution in [2.24, 2.45) is 0 Å². The van der Waals surface area contributed by atoms with E-state index in [9.17, 15) is 9.59 Å². The van der Waals surface area contributed by atoms with E-state index in [0.717, 1.165) is 18.1 Å². The Labute approximate surface area is 69.1 Å². The van der Waals surface area contributed by atoms with Crippen LogP contribution in [-0.2, 0) is 9.59 Å². The van der Waals surface area contributed by atoms with E-state index in [-0.39, 0.29) is 24.2 Å². The molecule has 1 atom stereocenters. The Morgan fingerprint density at radius 3 is 3.00 bits per heavy atom. The van der Waals surface area contributed by atoms with Gasteiger partial charge >= 0.3 is 0 Å². The van der Waals surface area contributed by atoms with Gasteiger partial charge in [-0.2, -0.15) is 11.8 Å². The highest BCUT2D eigenvalue weighted by atomic mass is 32.2. The Kier molecular flexibility index (Phi) is 1.64. The lowest BCUT2D eigenvalue weighted by Crippen LogP contribution is -2.42. The van der Waals surface area contributed by atoms with E-state index in [1.165, 1.54) is 0 Å². The third-order valence-corrected chi connectivity index (χ3v) is 3.17. The van der Waals surface area contributed by atoms with Crippen molar-refractivity contribution in [1.82, 2.24) is 4.90 Å². The van der Waals surface area contributed by atoms with E-state index >= 15 is 0 Å². The van der Waals surface area contributed by atoms with E-state index in [4.69, 9.17) is 0 Å². The molecule has 0 aromatic carbocycles. The number of thioether (sulfide) groups is 1. The first-order valence-corrected chi connectivity index (χ1v) is 4.84. The van der Waals surface area contributed by atoms with Crippen molar-refractivity contribution in [1.29, 1.82) is 0 Å². The molecule has 0 aliphatic carbocycles. The van der Waals surface area contributed by atoms with Gasteiger partial charge in [0.25, 0.3) is 0 Å². The number of amides is 1. The molecule has 4 heteroatoms. The number of Topliss-reactive ketones (excluding diaryl/α,β-unsaturated/α-hetero) is 1. The van der Waals surface area contributed by atoms with Crippen molar-refractivity contribution in [3.63, 3.8) is 0 Å². The molecule has 2 aliphatic heterocycles. The van der Waals surface area contributed by atoms with Crippen LogP contribution in [0.5, 0.6) is 0 Å². The summed E-state index contributed by atoms with van der Waals surface area (Å²) < 4.78 is 0. The molecule has 11 heavy (non-hydrogen) atoms. The van der Waals surface area contributed by atoms with E-state index in [0.29, 0.717) is 0 Å². The van der Waals surface area contributed by atoms with Crippen LogP contribution in [0.2, 0.25) is 0 Å². The van der Waals surface area contributed by atoms with Crippen LogP contribution in [0.15, 0.2) is 0 Å². The lowest BCUT2D eigenvalue weighted by Gasteiger charge is -2.27. The minimum Gasteiger partial charge on any atom is -0.331 e. The third kappa shape index (κ3) is 1.05. The number of fused-ring (bicyclic) bond motifs is 1. The molecule has 0 bridgehead atoms. The van der Waals surface area contributed by atoms with Crippen LogP contribution >= 0.6 is 11.8 Å². The van der Waals surface area contributed by atoms with Crippen LogP contribution in [0.3, 0.4) is 0 Å². The van der Waals surface area contributed by atoms with Crippen LogP contribution in [0.1, 0.15) is 6.42 Å². The highest BCUT2D eigenvalue weighted by Crippen LogP contribution is 2.23. The van der Waals surface area contributed by atoms with Gasteiger partial charge in [0.2, 0.25) is 5.91 Å². The lowest BCUT2D eigenvalue weighted by molar-refractivity contribution is -0.128. The first-order valence-electron chi connectivity index (χ1n) is 3.69. The molecule has 0 saturated carbocycles. The molecule has 2 saturated heterocycles. The summed E-state index contributed by atoms with van der Waals surface area (Å²) in [6.07, 6.45) is 0.144. The molecule has 0 aromatic rings. The first kappa shape index (κ1) is 7.16. The topological polar surface area (TPSA) is 37.4 Å². The normalized spacial score (nSPS) is 30.9. The van der Waals surface area contributed by atoms with Gasteiger partial charge in [0, 0.05) is 18.1 Å². The molecule has 1 amide bonds. The summed E-state index contributed by atoms with van der Waals surface area (Å²) in [4.78, 5) is 24.0. The van der Waals surface area contributed by atoms with Gasteiger partial charge in [-0.1, -0.05) is 0 Å². The number of ketones is 1. The van der Waals surface area contributed by atoms with Crippen molar-refractivity contribution in [2.45, 2.75) is 12.5 Å². The minimum atomic E-state index is -0.0822. The van der Waals surface area contributed by atoms with E-state index in [2.05, 4.69) is 0 Å². The fourth-order valence-corrected chi connectivity index (χ4v) is 2.62. The molecule has 2 rings (SSSR count). The molecule has 0 aromatic heterocycles. The molecule has 2 aliphatic rings. The molecule has 3 nitrogen and oxygen atoms in total. The molecule has 2 heterocycles. The Bertz CT molecular complexity index is 194. The largest absolute Gasteiger partial charge is 0.331 e. The van der Waals surface area contributed by atoms with Crippen LogP contribution < -0.4 is 0 Å².